The Bertz CT molecular complexity index is 954. The molecule has 38 heavy (non-hydrogen) atoms. The molecule has 0 aliphatic carbocycles. The van der Waals surface area contributed by atoms with Crippen molar-refractivity contribution in [3.8, 4) is 0 Å². The Morgan fingerprint density at radius 2 is 2.03 bits per heavy atom. The van der Waals surface area contributed by atoms with Crippen molar-refractivity contribution in [1.82, 2.24) is 25.1 Å². The second kappa shape index (κ2) is 14.7. The lowest BCUT2D eigenvalue weighted by Crippen LogP contribution is -2.51. The molecule has 2 aromatic heterocycles. The lowest BCUT2D eigenvalue weighted by molar-refractivity contribution is 0.0249. The van der Waals surface area contributed by atoms with Gasteiger partial charge in [0.2, 0.25) is 0 Å². The standard InChI is InChI=1S/C15H31N3O.C14H17N3O2/c1-13(2)11-17(3)15-8-14(9-16-10-15)12-18-4-6-19-7-5-18;1-14(2,3)13-16-7-10(9-18)12(17-13)15-8-11-5-4-6-19-11/h13-16H,4-12H2,1-3H3;4-7,9H,8H2,1-3H3,(H,15,16,17). The number of morpholine rings is 1. The van der Waals surface area contributed by atoms with Crippen molar-refractivity contribution in [1.29, 1.82) is 0 Å². The minimum Gasteiger partial charge on any atom is -0.467 e. The minimum absolute atomic E-state index is 0.164. The van der Waals surface area contributed by atoms with E-state index in [9.17, 15) is 4.79 Å². The molecule has 0 spiro atoms. The first-order valence-corrected chi connectivity index (χ1v) is 14.0. The molecule has 0 radical (unpaired) electrons. The van der Waals surface area contributed by atoms with Crippen molar-refractivity contribution in [3.05, 3.63) is 41.7 Å². The average Bonchev–Trinajstić information content (AvgIpc) is 3.41. The third-order valence-corrected chi connectivity index (χ3v) is 6.94. The summed E-state index contributed by atoms with van der Waals surface area (Å²) in [7, 11) is 2.28. The van der Waals surface area contributed by atoms with Crippen LogP contribution in [0, 0.1) is 11.8 Å². The molecule has 4 rings (SSSR count). The topological polar surface area (TPSA) is 95.8 Å². The number of likely N-dealkylation sites (N-methyl/N-ethyl adjacent to an activating group) is 1. The molecule has 2 aliphatic heterocycles. The van der Waals surface area contributed by atoms with E-state index in [0.717, 1.165) is 56.7 Å². The predicted molar refractivity (Wildman–Crippen MR) is 152 cm³/mol. The second-order valence-corrected chi connectivity index (χ2v) is 12.0. The first-order valence-electron chi connectivity index (χ1n) is 14.0. The Kier molecular flexibility index (Phi) is 11.7. The number of aldehydes is 1. The van der Waals surface area contributed by atoms with Crippen molar-refractivity contribution in [2.75, 3.05) is 64.8 Å². The van der Waals surface area contributed by atoms with Crippen LogP contribution in [-0.4, -0.2) is 91.6 Å². The molecular weight excluding hydrogens is 480 g/mol. The highest BCUT2D eigenvalue weighted by Gasteiger charge is 2.26. The van der Waals surface area contributed by atoms with Crippen LogP contribution in [0.5, 0.6) is 0 Å². The summed E-state index contributed by atoms with van der Waals surface area (Å²) in [6.45, 7) is 20.0. The maximum Gasteiger partial charge on any atom is 0.155 e. The Morgan fingerprint density at radius 1 is 1.26 bits per heavy atom. The van der Waals surface area contributed by atoms with E-state index >= 15 is 0 Å². The summed E-state index contributed by atoms with van der Waals surface area (Å²) in [5.41, 5.74) is 0.280. The molecule has 212 valence electrons. The van der Waals surface area contributed by atoms with Crippen LogP contribution in [0.2, 0.25) is 0 Å². The van der Waals surface area contributed by atoms with Gasteiger partial charge in [-0.1, -0.05) is 34.6 Å². The van der Waals surface area contributed by atoms with E-state index in [0.29, 0.717) is 29.8 Å². The fourth-order valence-corrected chi connectivity index (χ4v) is 4.92. The van der Waals surface area contributed by atoms with Crippen LogP contribution < -0.4 is 10.6 Å². The molecule has 2 aromatic rings. The van der Waals surface area contributed by atoms with Crippen LogP contribution in [0.1, 0.15) is 63.0 Å². The molecule has 2 N–H and O–H groups in total. The number of piperidine rings is 1. The summed E-state index contributed by atoms with van der Waals surface area (Å²) in [6.07, 6.45) is 5.24. The zero-order chi connectivity index (χ0) is 27.5. The van der Waals surface area contributed by atoms with Crippen LogP contribution in [0.25, 0.3) is 0 Å². The van der Waals surface area contributed by atoms with Gasteiger partial charge in [-0.15, -0.1) is 0 Å². The van der Waals surface area contributed by atoms with E-state index in [1.165, 1.54) is 26.1 Å². The van der Waals surface area contributed by atoms with Gasteiger partial charge in [-0.05, 0) is 44.0 Å². The van der Waals surface area contributed by atoms with E-state index in [1.807, 2.05) is 32.9 Å². The molecule has 2 fully saturated rings. The van der Waals surface area contributed by atoms with E-state index in [4.69, 9.17) is 9.15 Å². The summed E-state index contributed by atoms with van der Waals surface area (Å²) < 4.78 is 10.7. The van der Waals surface area contributed by atoms with Gasteiger partial charge < -0.3 is 24.7 Å². The van der Waals surface area contributed by atoms with E-state index in [1.54, 1.807) is 12.5 Å². The first kappa shape index (κ1) is 30.2. The Morgan fingerprint density at radius 3 is 2.66 bits per heavy atom. The molecule has 0 amide bonds. The summed E-state index contributed by atoms with van der Waals surface area (Å²) in [6, 6.07) is 4.39. The Labute approximate surface area is 228 Å². The molecule has 0 saturated carbocycles. The molecule has 2 atom stereocenters. The quantitative estimate of drug-likeness (QED) is 0.473. The lowest BCUT2D eigenvalue weighted by atomic mass is 9.93. The van der Waals surface area contributed by atoms with Crippen molar-refractivity contribution in [2.24, 2.45) is 11.8 Å². The fourth-order valence-electron chi connectivity index (χ4n) is 4.92. The summed E-state index contributed by atoms with van der Waals surface area (Å²) in [4.78, 5) is 24.8. The molecule has 2 aliphatic rings. The van der Waals surface area contributed by atoms with Gasteiger partial charge in [-0.2, -0.15) is 0 Å². The normalized spacial score (nSPS) is 20.7. The molecule has 4 heterocycles. The third kappa shape index (κ3) is 9.76. The van der Waals surface area contributed by atoms with Gasteiger partial charge in [0.05, 0.1) is 31.6 Å². The summed E-state index contributed by atoms with van der Waals surface area (Å²) in [5.74, 6) is 3.57. The van der Waals surface area contributed by atoms with E-state index in [2.05, 4.69) is 51.3 Å². The number of nitrogens with one attached hydrogen (secondary N) is 2. The molecule has 2 unspecified atom stereocenters. The maximum absolute atomic E-state index is 11.0. The monoisotopic (exact) mass is 528 g/mol. The lowest BCUT2D eigenvalue weighted by Gasteiger charge is -2.39. The summed E-state index contributed by atoms with van der Waals surface area (Å²) >= 11 is 0. The smallest absolute Gasteiger partial charge is 0.155 e. The van der Waals surface area contributed by atoms with Crippen molar-refractivity contribution in [3.63, 3.8) is 0 Å². The maximum atomic E-state index is 11.0. The third-order valence-electron chi connectivity index (χ3n) is 6.94. The van der Waals surface area contributed by atoms with Crippen LogP contribution in [-0.2, 0) is 16.7 Å². The van der Waals surface area contributed by atoms with Gasteiger partial charge in [0.25, 0.3) is 0 Å². The first-order chi connectivity index (χ1) is 18.2. The number of anilines is 1. The van der Waals surface area contributed by atoms with E-state index in [-0.39, 0.29) is 5.41 Å². The Hall–Kier alpha value is -2.33. The van der Waals surface area contributed by atoms with Crippen molar-refractivity contribution < 1.29 is 13.9 Å². The van der Waals surface area contributed by atoms with Gasteiger partial charge >= 0.3 is 0 Å². The number of aromatic nitrogens is 2. The molecule has 9 nitrogen and oxygen atoms in total. The highest BCUT2D eigenvalue weighted by atomic mass is 16.5. The average molecular weight is 529 g/mol. The molecule has 2 saturated heterocycles. The Balaban J connectivity index is 0.000000211. The number of hydrogen-bond acceptors (Lipinski definition) is 9. The SMILES string of the molecule is CC(C)(C)c1ncc(C=O)c(NCc2ccco2)n1.CC(C)CN(C)C1CNCC(CN2CCOCC2)C1. The number of hydrogen-bond donors (Lipinski definition) is 2. The molecular formula is C29H48N6O3. The van der Waals surface area contributed by atoms with Gasteiger partial charge in [-0.25, -0.2) is 9.97 Å². The number of furan rings is 1. The number of carbonyl (C=O) groups excluding carboxylic acids is 1. The minimum atomic E-state index is -0.164. The summed E-state index contributed by atoms with van der Waals surface area (Å²) in [5, 5.41) is 6.73. The predicted octanol–water partition coefficient (Wildman–Crippen LogP) is 3.68. The van der Waals surface area contributed by atoms with Crippen LogP contribution in [0.15, 0.2) is 29.0 Å². The van der Waals surface area contributed by atoms with Gasteiger partial charge in [0.15, 0.2) is 6.29 Å². The number of nitrogens with zero attached hydrogens (tertiary/aromatic N) is 4. The van der Waals surface area contributed by atoms with Gasteiger partial charge in [-0.3, -0.25) is 9.69 Å². The van der Waals surface area contributed by atoms with Crippen LogP contribution >= 0.6 is 0 Å². The highest BCUT2D eigenvalue weighted by molar-refractivity contribution is 5.81. The number of carbonyl (C=O) groups is 1. The zero-order valence-electron chi connectivity index (χ0n) is 24.2. The molecule has 0 bridgehead atoms. The molecule has 9 heteroatoms. The number of ether oxygens (including phenoxy) is 1. The fraction of sp³-hybridized carbons (Fsp3) is 0.690. The zero-order valence-corrected chi connectivity index (χ0v) is 24.2. The van der Waals surface area contributed by atoms with Crippen LogP contribution in [0.3, 0.4) is 0 Å². The van der Waals surface area contributed by atoms with Crippen molar-refractivity contribution in [2.45, 2.75) is 59.0 Å². The van der Waals surface area contributed by atoms with Gasteiger partial charge in [0, 0.05) is 50.4 Å². The number of rotatable bonds is 9. The largest absolute Gasteiger partial charge is 0.467 e. The highest BCUT2D eigenvalue weighted by Crippen LogP contribution is 2.21. The second-order valence-electron chi connectivity index (χ2n) is 12.0. The van der Waals surface area contributed by atoms with Crippen molar-refractivity contribution >= 4 is 12.1 Å². The van der Waals surface area contributed by atoms with Gasteiger partial charge in [0.1, 0.15) is 17.4 Å². The van der Waals surface area contributed by atoms with Crippen LogP contribution in [0.4, 0.5) is 5.82 Å². The molecule has 0 aromatic carbocycles. The van der Waals surface area contributed by atoms with E-state index < -0.39 is 0 Å².